The summed E-state index contributed by atoms with van der Waals surface area (Å²) >= 11 is 1.54. The first-order valence-electron chi connectivity index (χ1n) is 5.78. The van der Waals surface area contributed by atoms with Crippen LogP contribution >= 0.6 is 11.8 Å². The van der Waals surface area contributed by atoms with Crippen molar-refractivity contribution in [3.8, 4) is 0 Å². The van der Waals surface area contributed by atoms with Crippen LogP contribution in [0.25, 0.3) is 0 Å². The lowest BCUT2D eigenvalue weighted by Crippen LogP contribution is -2.60. The molecule has 1 aliphatic heterocycles. The molecule has 0 bridgehead atoms. The van der Waals surface area contributed by atoms with Gasteiger partial charge in [-0.25, -0.2) is 0 Å². The summed E-state index contributed by atoms with van der Waals surface area (Å²) < 4.78 is 5.53. The highest BCUT2D eigenvalue weighted by Gasteiger charge is 2.33. The summed E-state index contributed by atoms with van der Waals surface area (Å²) in [5, 5.41) is 15.1. The number of carbonyl (C=O) groups excluding carboxylic acids is 1. The molecule has 0 aromatic rings. The Balaban J connectivity index is 2.24. The normalized spacial score (nSPS) is 21.4. The molecule has 0 aromatic heterocycles. The van der Waals surface area contributed by atoms with E-state index in [4.69, 9.17) is 9.84 Å². The van der Waals surface area contributed by atoms with Gasteiger partial charge >= 0.3 is 0 Å². The molecule has 0 aliphatic carbocycles. The Bertz CT molecular complexity index is 255. The van der Waals surface area contributed by atoms with E-state index in [1.54, 1.807) is 11.8 Å². The number of rotatable bonds is 7. The Morgan fingerprint density at radius 1 is 1.65 bits per heavy atom. The van der Waals surface area contributed by atoms with Gasteiger partial charge in [-0.15, -0.1) is 0 Å². The van der Waals surface area contributed by atoms with Gasteiger partial charge in [0.15, 0.2) is 0 Å². The highest BCUT2D eigenvalue weighted by molar-refractivity contribution is 7.99. The molecule has 0 saturated carbocycles. The summed E-state index contributed by atoms with van der Waals surface area (Å²) in [5.74, 6) is -0.127. The predicted molar refractivity (Wildman–Crippen MR) is 69.2 cm³/mol. The van der Waals surface area contributed by atoms with Crippen LogP contribution in [0.1, 0.15) is 13.8 Å². The first-order valence-corrected chi connectivity index (χ1v) is 7.07. The topological polar surface area (TPSA) is 70.6 Å². The van der Waals surface area contributed by atoms with Crippen molar-refractivity contribution in [1.29, 1.82) is 0 Å². The van der Waals surface area contributed by atoms with E-state index in [2.05, 4.69) is 10.6 Å². The minimum Gasteiger partial charge on any atom is -0.395 e. The minimum atomic E-state index is -0.198. The van der Waals surface area contributed by atoms with Crippen LogP contribution in [0.2, 0.25) is 0 Å². The molecule has 2 unspecified atom stereocenters. The maximum Gasteiger partial charge on any atom is 0.246 e. The first kappa shape index (κ1) is 14.8. The van der Waals surface area contributed by atoms with Crippen molar-refractivity contribution in [1.82, 2.24) is 10.6 Å². The molecular weight excluding hydrogens is 240 g/mol. The summed E-state index contributed by atoms with van der Waals surface area (Å²) in [6, 6.07) is -0.0570. The van der Waals surface area contributed by atoms with Crippen molar-refractivity contribution >= 4 is 17.7 Å². The van der Waals surface area contributed by atoms with E-state index >= 15 is 0 Å². The molecule has 17 heavy (non-hydrogen) atoms. The first-order chi connectivity index (χ1) is 8.00. The highest BCUT2D eigenvalue weighted by atomic mass is 32.2. The van der Waals surface area contributed by atoms with Gasteiger partial charge in [0.25, 0.3) is 0 Å². The van der Waals surface area contributed by atoms with E-state index in [1.165, 1.54) is 0 Å². The molecule has 0 spiro atoms. The molecule has 1 saturated heterocycles. The Kier molecular flexibility index (Phi) is 5.72. The van der Waals surface area contributed by atoms with Gasteiger partial charge in [0.2, 0.25) is 5.91 Å². The second-order valence-electron chi connectivity index (χ2n) is 4.66. The molecule has 5 nitrogen and oxygen atoms in total. The van der Waals surface area contributed by atoms with Gasteiger partial charge in [-0.3, -0.25) is 4.79 Å². The van der Waals surface area contributed by atoms with Crippen LogP contribution in [0.4, 0.5) is 0 Å². The molecule has 1 rings (SSSR count). The monoisotopic (exact) mass is 262 g/mol. The number of amides is 1. The number of aliphatic hydroxyl groups is 1. The lowest BCUT2D eigenvalue weighted by Gasteiger charge is -2.38. The van der Waals surface area contributed by atoms with Gasteiger partial charge in [0, 0.05) is 24.4 Å². The van der Waals surface area contributed by atoms with Gasteiger partial charge in [-0.2, -0.15) is 11.8 Å². The molecule has 3 N–H and O–H groups in total. The molecule has 1 fully saturated rings. The summed E-state index contributed by atoms with van der Waals surface area (Å²) in [6.45, 7) is 5.60. The Labute approximate surface area is 107 Å². The zero-order valence-corrected chi connectivity index (χ0v) is 11.5. The van der Waals surface area contributed by atoms with Gasteiger partial charge in [-0.1, -0.05) is 0 Å². The second-order valence-corrected chi connectivity index (χ2v) is 5.73. The molecule has 1 heterocycles. The van der Waals surface area contributed by atoms with E-state index in [9.17, 15) is 4.79 Å². The van der Waals surface area contributed by atoms with Gasteiger partial charge in [0.05, 0.1) is 12.2 Å². The van der Waals surface area contributed by atoms with Crippen LogP contribution in [0, 0.1) is 0 Å². The quantitative estimate of drug-likeness (QED) is 0.582. The average Bonchev–Trinajstić information content (AvgIpc) is 2.25. The van der Waals surface area contributed by atoms with Crippen LogP contribution in [-0.4, -0.2) is 60.5 Å². The van der Waals surface area contributed by atoms with Crippen molar-refractivity contribution in [2.45, 2.75) is 30.7 Å². The molecule has 0 aromatic carbocycles. The Morgan fingerprint density at radius 3 is 2.71 bits per heavy atom. The van der Waals surface area contributed by atoms with Gasteiger partial charge < -0.3 is 20.5 Å². The maximum atomic E-state index is 11.6. The van der Waals surface area contributed by atoms with Crippen molar-refractivity contribution in [3.05, 3.63) is 0 Å². The van der Waals surface area contributed by atoms with Crippen molar-refractivity contribution in [2.24, 2.45) is 0 Å². The number of ether oxygens (including phenoxy) is 1. The third-order valence-electron chi connectivity index (χ3n) is 2.98. The SMILES string of the molecule is CSC(CO)C(C)NC(=O)COC1(C)CNC1. The molecule has 2 atom stereocenters. The fourth-order valence-corrected chi connectivity index (χ4v) is 2.27. The summed E-state index contributed by atoms with van der Waals surface area (Å²) in [7, 11) is 0. The molecule has 100 valence electrons. The number of carbonyl (C=O) groups is 1. The van der Waals surface area contributed by atoms with E-state index in [0.29, 0.717) is 0 Å². The van der Waals surface area contributed by atoms with Crippen LogP contribution in [0.5, 0.6) is 0 Å². The van der Waals surface area contributed by atoms with Crippen LogP contribution < -0.4 is 10.6 Å². The lowest BCUT2D eigenvalue weighted by atomic mass is 10.0. The van der Waals surface area contributed by atoms with Gasteiger partial charge in [-0.05, 0) is 20.1 Å². The highest BCUT2D eigenvalue weighted by Crippen LogP contribution is 2.15. The standard InChI is InChI=1S/C11H22N2O3S/c1-8(9(4-14)17-3)13-10(15)5-16-11(2)6-12-7-11/h8-9,12,14H,4-7H2,1-3H3,(H,13,15). The molecule has 1 aliphatic rings. The minimum absolute atomic E-state index is 0.0277. The van der Waals surface area contributed by atoms with Crippen molar-refractivity contribution < 1.29 is 14.6 Å². The van der Waals surface area contributed by atoms with E-state index in [-0.39, 0.29) is 36.0 Å². The van der Waals surface area contributed by atoms with Crippen LogP contribution in [0.3, 0.4) is 0 Å². The predicted octanol–water partition coefficient (Wildman–Crippen LogP) is -0.406. The second kappa shape index (κ2) is 6.58. The molecule has 1 amide bonds. The third-order valence-corrected chi connectivity index (χ3v) is 4.14. The fraction of sp³-hybridized carbons (Fsp3) is 0.909. The lowest BCUT2D eigenvalue weighted by molar-refractivity contribution is -0.136. The Morgan fingerprint density at radius 2 is 2.29 bits per heavy atom. The number of aliphatic hydroxyl groups excluding tert-OH is 1. The Hall–Kier alpha value is -0.300. The largest absolute Gasteiger partial charge is 0.395 e. The third kappa shape index (κ3) is 4.46. The van der Waals surface area contributed by atoms with Gasteiger partial charge in [0.1, 0.15) is 6.61 Å². The molecule has 6 heteroatoms. The summed E-state index contributed by atoms with van der Waals surface area (Å²) in [5.41, 5.74) is -0.198. The summed E-state index contributed by atoms with van der Waals surface area (Å²) in [6.07, 6.45) is 1.92. The zero-order valence-electron chi connectivity index (χ0n) is 10.7. The van der Waals surface area contributed by atoms with Crippen molar-refractivity contribution in [3.63, 3.8) is 0 Å². The zero-order chi connectivity index (χ0) is 12.9. The molecule has 0 radical (unpaired) electrons. The van der Waals surface area contributed by atoms with Crippen LogP contribution in [-0.2, 0) is 9.53 Å². The average molecular weight is 262 g/mol. The number of hydrogen-bond donors (Lipinski definition) is 3. The number of nitrogens with one attached hydrogen (secondary N) is 2. The van der Waals surface area contributed by atoms with Crippen molar-refractivity contribution in [2.75, 3.05) is 32.6 Å². The van der Waals surface area contributed by atoms with Crippen LogP contribution in [0.15, 0.2) is 0 Å². The van der Waals surface area contributed by atoms with E-state index in [0.717, 1.165) is 13.1 Å². The summed E-state index contributed by atoms with van der Waals surface area (Å²) in [4.78, 5) is 11.6. The smallest absolute Gasteiger partial charge is 0.246 e. The molecular formula is C11H22N2O3S. The van der Waals surface area contributed by atoms with E-state index < -0.39 is 0 Å². The number of thioether (sulfide) groups is 1. The maximum absolute atomic E-state index is 11.6. The van der Waals surface area contributed by atoms with E-state index in [1.807, 2.05) is 20.1 Å². The fourth-order valence-electron chi connectivity index (χ4n) is 1.64. The number of hydrogen-bond acceptors (Lipinski definition) is 5.